The molecule has 0 bridgehead atoms. The van der Waals surface area contributed by atoms with Crippen LogP contribution in [0.3, 0.4) is 0 Å². The summed E-state index contributed by atoms with van der Waals surface area (Å²) in [7, 11) is 0. The van der Waals surface area contributed by atoms with Gasteiger partial charge in [0, 0.05) is 12.0 Å². The second-order valence-electron chi connectivity index (χ2n) is 3.92. The molecule has 2 heteroatoms. The number of hydrogen-bond donors (Lipinski definition) is 1. The van der Waals surface area contributed by atoms with Crippen molar-refractivity contribution >= 4 is 0 Å². The fourth-order valence-corrected chi connectivity index (χ4v) is 1.63. The fraction of sp³-hybridized carbons (Fsp3) is 0.500. The molecule has 1 aromatic carbocycles. The molecule has 0 spiro atoms. The molecule has 2 rings (SSSR count). The van der Waals surface area contributed by atoms with Crippen LogP contribution < -0.4 is 10.5 Å². The zero-order valence-corrected chi connectivity index (χ0v) is 8.57. The highest BCUT2D eigenvalue weighted by Crippen LogP contribution is 2.39. The Balaban J connectivity index is 1.96. The smallest absolute Gasteiger partial charge is 0.119 e. The summed E-state index contributed by atoms with van der Waals surface area (Å²) in [5.74, 6) is 1.56. The Morgan fingerprint density at radius 1 is 1.36 bits per heavy atom. The Morgan fingerprint density at radius 3 is 2.50 bits per heavy atom. The third kappa shape index (κ3) is 2.07. The maximum Gasteiger partial charge on any atom is 0.119 e. The average Bonchev–Trinajstić information content (AvgIpc) is 2.93. The summed E-state index contributed by atoms with van der Waals surface area (Å²) in [6.07, 6.45) is 2.18. The van der Waals surface area contributed by atoms with E-state index in [9.17, 15) is 0 Å². The Morgan fingerprint density at radius 2 is 2.00 bits per heavy atom. The highest BCUT2D eigenvalue weighted by Gasteiger charge is 2.34. The lowest BCUT2D eigenvalue weighted by Gasteiger charge is -2.05. The molecule has 0 aromatic heterocycles. The lowest BCUT2D eigenvalue weighted by molar-refractivity contribution is 0.317. The third-order valence-electron chi connectivity index (χ3n) is 2.62. The molecule has 14 heavy (non-hydrogen) atoms. The minimum absolute atomic E-state index is 0.386. The van der Waals surface area contributed by atoms with Gasteiger partial charge in [0.2, 0.25) is 0 Å². The minimum Gasteiger partial charge on any atom is -0.494 e. The van der Waals surface area contributed by atoms with E-state index < -0.39 is 0 Å². The first-order valence-electron chi connectivity index (χ1n) is 5.29. The number of nitrogens with two attached hydrogens (primary N) is 1. The van der Waals surface area contributed by atoms with Gasteiger partial charge in [0.15, 0.2) is 0 Å². The largest absolute Gasteiger partial charge is 0.494 e. The normalized spacial score (nSPS) is 24.7. The molecule has 1 aliphatic carbocycles. The summed E-state index contributed by atoms with van der Waals surface area (Å²) in [6.45, 7) is 2.90. The van der Waals surface area contributed by atoms with Gasteiger partial charge in [0.1, 0.15) is 5.75 Å². The Bertz CT molecular complexity index is 294. The highest BCUT2D eigenvalue weighted by molar-refractivity contribution is 5.33. The lowest BCUT2D eigenvalue weighted by Crippen LogP contribution is -2.01. The molecule has 0 saturated heterocycles. The molecule has 2 N–H and O–H groups in total. The quantitative estimate of drug-likeness (QED) is 0.792. The first-order chi connectivity index (χ1) is 6.81. The van der Waals surface area contributed by atoms with Crippen molar-refractivity contribution in [1.82, 2.24) is 0 Å². The Labute approximate surface area is 85.1 Å². The molecule has 1 aromatic rings. The summed E-state index contributed by atoms with van der Waals surface area (Å²) in [6, 6.07) is 8.72. The molecular formula is C12H17NO. The van der Waals surface area contributed by atoms with Crippen LogP contribution in [0.2, 0.25) is 0 Å². The van der Waals surface area contributed by atoms with Crippen molar-refractivity contribution in [2.45, 2.75) is 31.7 Å². The zero-order valence-electron chi connectivity index (χ0n) is 8.57. The lowest BCUT2D eigenvalue weighted by atomic mass is 10.1. The van der Waals surface area contributed by atoms with Crippen LogP contribution >= 0.6 is 0 Å². The maximum atomic E-state index is 5.79. The molecule has 0 amide bonds. The van der Waals surface area contributed by atoms with Crippen molar-refractivity contribution in [1.29, 1.82) is 0 Å². The van der Waals surface area contributed by atoms with Crippen LogP contribution in [0.4, 0.5) is 0 Å². The number of hydrogen-bond acceptors (Lipinski definition) is 2. The molecule has 1 saturated carbocycles. The molecule has 0 aliphatic heterocycles. The van der Waals surface area contributed by atoms with Crippen molar-refractivity contribution in [3.63, 3.8) is 0 Å². The van der Waals surface area contributed by atoms with Crippen molar-refractivity contribution in [3.05, 3.63) is 29.8 Å². The van der Waals surface area contributed by atoms with Crippen LogP contribution in [0, 0.1) is 0 Å². The molecule has 2 atom stereocenters. The van der Waals surface area contributed by atoms with Gasteiger partial charge >= 0.3 is 0 Å². The van der Waals surface area contributed by atoms with E-state index in [1.807, 2.05) is 12.1 Å². The van der Waals surface area contributed by atoms with E-state index in [1.54, 1.807) is 0 Å². The van der Waals surface area contributed by atoms with Gasteiger partial charge in [-0.05, 0) is 30.5 Å². The molecular weight excluding hydrogens is 174 g/mol. The summed E-state index contributed by atoms with van der Waals surface area (Å²) in [5.41, 5.74) is 7.13. The van der Waals surface area contributed by atoms with Gasteiger partial charge in [-0.25, -0.2) is 0 Å². The first-order valence-corrected chi connectivity index (χ1v) is 5.29. The number of rotatable bonds is 4. The molecule has 0 radical (unpaired) electrons. The van der Waals surface area contributed by atoms with Crippen molar-refractivity contribution in [2.24, 2.45) is 5.73 Å². The van der Waals surface area contributed by atoms with E-state index in [0.29, 0.717) is 12.0 Å². The van der Waals surface area contributed by atoms with Gasteiger partial charge in [0.05, 0.1) is 6.61 Å². The highest BCUT2D eigenvalue weighted by atomic mass is 16.5. The van der Waals surface area contributed by atoms with Gasteiger partial charge in [0.25, 0.3) is 0 Å². The predicted octanol–water partition coefficient (Wildman–Crippen LogP) is 2.29. The summed E-state index contributed by atoms with van der Waals surface area (Å²) >= 11 is 0. The van der Waals surface area contributed by atoms with Gasteiger partial charge in [-0.15, -0.1) is 0 Å². The second kappa shape index (κ2) is 4.01. The van der Waals surface area contributed by atoms with E-state index >= 15 is 0 Å². The van der Waals surface area contributed by atoms with E-state index in [0.717, 1.165) is 25.2 Å². The number of benzene rings is 1. The maximum absolute atomic E-state index is 5.79. The topological polar surface area (TPSA) is 35.2 Å². The van der Waals surface area contributed by atoms with Gasteiger partial charge in [-0.3, -0.25) is 0 Å². The van der Waals surface area contributed by atoms with E-state index in [2.05, 4.69) is 19.1 Å². The molecule has 76 valence electrons. The van der Waals surface area contributed by atoms with Crippen molar-refractivity contribution < 1.29 is 4.74 Å². The van der Waals surface area contributed by atoms with Crippen molar-refractivity contribution in [2.75, 3.05) is 6.61 Å². The zero-order chi connectivity index (χ0) is 9.97. The standard InChI is InChI=1S/C12H17NO/c1-2-7-14-10-5-3-9(4-6-10)11-8-12(11)13/h3-6,11-12H,2,7-8,13H2,1H3. The summed E-state index contributed by atoms with van der Waals surface area (Å²) < 4.78 is 5.51. The molecule has 0 heterocycles. The number of ether oxygens (including phenoxy) is 1. The van der Waals surface area contributed by atoms with Crippen LogP contribution in [0.1, 0.15) is 31.2 Å². The monoisotopic (exact) mass is 191 g/mol. The van der Waals surface area contributed by atoms with Crippen LogP contribution in [0.15, 0.2) is 24.3 Å². The minimum atomic E-state index is 0.386. The van der Waals surface area contributed by atoms with E-state index in [4.69, 9.17) is 10.5 Å². The Hall–Kier alpha value is -1.02. The average molecular weight is 191 g/mol. The third-order valence-corrected chi connectivity index (χ3v) is 2.62. The Kier molecular flexibility index (Phi) is 2.73. The van der Waals surface area contributed by atoms with Gasteiger partial charge in [-0.2, -0.15) is 0 Å². The molecule has 1 fully saturated rings. The van der Waals surface area contributed by atoms with Gasteiger partial charge < -0.3 is 10.5 Å². The van der Waals surface area contributed by atoms with E-state index in [-0.39, 0.29) is 0 Å². The first kappa shape index (κ1) is 9.53. The van der Waals surface area contributed by atoms with Gasteiger partial charge in [-0.1, -0.05) is 19.1 Å². The molecule has 1 aliphatic rings. The molecule has 2 unspecified atom stereocenters. The molecule has 2 nitrogen and oxygen atoms in total. The van der Waals surface area contributed by atoms with Crippen LogP contribution in [0.5, 0.6) is 5.75 Å². The van der Waals surface area contributed by atoms with E-state index in [1.165, 1.54) is 5.56 Å². The fourth-order valence-electron chi connectivity index (χ4n) is 1.63. The predicted molar refractivity (Wildman–Crippen MR) is 57.6 cm³/mol. The van der Waals surface area contributed by atoms with Crippen LogP contribution in [-0.2, 0) is 0 Å². The second-order valence-corrected chi connectivity index (χ2v) is 3.92. The van der Waals surface area contributed by atoms with Crippen LogP contribution in [-0.4, -0.2) is 12.6 Å². The van der Waals surface area contributed by atoms with Crippen molar-refractivity contribution in [3.8, 4) is 5.75 Å². The summed E-state index contributed by atoms with van der Waals surface area (Å²) in [4.78, 5) is 0. The van der Waals surface area contributed by atoms with Crippen LogP contribution in [0.25, 0.3) is 0 Å². The summed E-state index contributed by atoms with van der Waals surface area (Å²) in [5, 5.41) is 0. The SMILES string of the molecule is CCCOc1ccc(C2CC2N)cc1.